The predicted octanol–water partition coefficient (Wildman–Crippen LogP) is 2.45. The van der Waals surface area contributed by atoms with Crippen LogP contribution in [0.4, 0.5) is 0 Å². The summed E-state index contributed by atoms with van der Waals surface area (Å²) in [5, 5.41) is 3.51. The van der Waals surface area contributed by atoms with E-state index in [1.54, 1.807) is 6.26 Å². The van der Waals surface area contributed by atoms with Gasteiger partial charge in [0.25, 0.3) is 0 Å². The van der Waals surface area contributed by atoms with Crippen molar-refractivity contribution in [1.29, 1.82) is 0 Å². The summed E-state index contributed by atoms with van der Waals surface area (Å²) >= 11 is 0. The first-order valence-electron chi connectivity index (χ1n) is 5.75. The number of rotatable bonds is 7. The van der Waals surface area contributed by atoms with Crippen LogP contribution in [0.2, 0.25) is 0 Å². The van der Waals surface area contributed by atoms with Crippen molar-refractivity contribution in [2.45, 2.75) is 45.2 Å². The molecule has 3 N–H and O–H groups in total. The number of hydrogen-bond donors (Lipinski definition) is 2. The van der Waals surface area contributed by atoms with E-state index in [0.717, 1.165) is 25.8 Å². The maximum atomic E-state index is 5.77. The molecule has 0 bridgehead atoms. The molecule has 1 rings (SSSR count). The van der Waals surface area contributed by atoms with E-state index >= 15 is 0 Å². The van der Waals surface area contributed by atoms with Crippen LogP contribution in [-0.4, -0.2) is 12.6 Å². The fourth-order valence-electron chi connectivity index (χ4n) is 1.61. The second kappa shape index (κ2) is 6.64. The first-order valence-corrected chi connectivity index (χ1v) is 5.75. The maximum Gasteiger partial charge on any atom is 0.0950 e. The second-order valence-corrected chi connectivity index (χ2v) is 4.12. The molecule has 3 heteroatoms. The predicted molar refractivity (Wildman–Crippen MR) is 62.6 cm³/mol. The van der Waals surface area contributed by atoms with Crippen LogP contribution >= 0.6 is 0 Å². The highest BCUT2D eigenvalue weighted by atomic mass is 16.3. The highest BCUT2D eigenvalue weighted by molar-refractivity contribution is 5.11. The van der Waals surface area contributed by atoms with E-state index in [1.807, 2.05) is 19.3 Å². The van der Waals surface area contributed by atoms with Gasteiger partial charge in [-0.1, -0.05) is 6.92 Å². The van der Waals surface area contributed by atoms with Crippen molar-refractivity contribution in [2.24, 2.45) is 5.73 Å². The molecule has 2 unspecified atom stereocenters. The Balaban J connectivity index is 2.46. The Kier molecular flexibility index (Phi) is 5.43. The fourth-order valence-corrected chi connectivity index (χ4v) is 1.61. The van der Waals surface area contributed by atoms with E-state index in [4.69, 9.17) is 10.2 Å². The molecule has 86 valence electrons. The molecule has 1 aromatic rings. The molecule has 0 aliphatic heterocycles. The van der Waals surface area contributed by atoms with Crippen molar-refractivity contribution in [3.63, 3.8) is 0 Å². The van der Waals surface area contributed by atoms with Crippen molar-refractivity contribution in [1.82, 2.24) is 5.32 Å². The third-order valence-corrected chi connectivity index (χ3v) is 2.50. The van der Waals surface area contributed by atoms with Gasteiger partial charge in [-0.05, 0) is 38.8 Å². The molecule has 0 spiro atoms. The summed E-state index contributed by atoms with van der Waals surface area (Å²) in [6.07, 6.45) is 6.78. The van der Waals surface area contributed by atoms with Gasteiger partial charge in [0.1, 0.15) is 0 Å². The molecule has 0 saturated heterocycles. The minimum atomic E-state index is 0.267. The molecule has 15 heavy (non-hydrogen) atoms. The molecule has 0 saturated carbocycles. The van der Waals surface area contributed by atoms with Crippen LogP contribution in [0.25, 0.3) is 0 Å². The van der Waals surface area contributed by atoms with E-state index in [-0.39, 0.29) is 6.04 Å². The third-order valence-electron chi connectivity index (χ3n) is 2.50. The lowest BCUT2D eigenvalue weighted by atomic mass is 10.0. The molecular weight excluding hydrogens is 188 g/mol. The van der Waals surface area contributed by atoms with E-state index in [2.05, 4.69) is 12.2 Å². The highest BCUT2D eigenvalue weighted by Crippen LogP contribution is 2.19. The smallest absolute Gasteiger partial charge is 0.0950 e. The zero-order chi connectivity index (χ0) is 11.1. The minimum Gasteiger partial charge on any atom is -0.472 e. The third kappa shape index (κ3) is 4.49. The minimum absolute atomic E-state index is 0.267. The van der Waals surface area contributed by atoms with Gasteiger partial charge < -0.3 is 15.5 Å². The quantitative estimate of drug-likeness (QED) is 0.726. The zero-order valence-corrected chi connectivity index (χ0v) is 9.70. The van der Waals surface area contributed by atoms with Gasteiger partial charge in [0.2, 0.25) is 0 Å². The van der Waals surface area contributed by atoms with Crippen LogP contribution in [0, 0.1) is 0 Å². The molecule has 0 fully saturated rings. The lowest BCUT2D eigenvalue weighted by Crippen LogP contribution is -2.24. The number of furan rings is 1. The highest BCUT2D eigenvalue weighted by Gasteiger charge is 2.12. The van der Waals surface area contributed by atoms with Gasteiger partial charge in [-0.2, -0.15) is 0 Å². The normalized spacial score (nSPS) is 15.1. The zero-order valence-electron chi connectivity index (χ0n) is 9.70. The lowest BCUT2D eigenvalue weighted by Gasteiger charge is -2.17. The van der Waals surface area contributed by atoms with E-state index in [9.17, 15) is 0 Å². The Hall–Kier alpha value is -0.800. The van der Waals surface area contributed by atoms with Gasteiger partial charge in [-0.25, -0.2) is 0 Å². The topological polar surface area (TPSA) is 51.2 Å². The summed E-state index contributed by atoms with van der Waals surface area (Å²) in [7, 11) is 0. The molecule has 1 aromatic heterocycles. The van der Waals surface area contributed by atoms with Crippen molar-refractivity contribution >= 4 is 0 Å². The summed E-state index contributed by atoms with van der Waals surface area (Å²) in [6.45, 7) is 5.26. The van der Waals surface area contributed by atoms with Crippen molar-refractivity contribution in [3.05, 3.63) is 24.2 Å². The second-order valence-electron chi connectivity index (χ2n) is 4.12. The van der Waals surface area contributed by atoms with Crippen molar-refractivity contribution in [2.75, 3.05) is 6.54 Å². The fraction of sp³-hybridized carbons (Fsp3) is 0.667. The summed E-state index contributed by atoms with van der Waals surface area (Å²) in [5.74, 6) is 0. The molecule has 0 aliphatic carbocycles. The largest absolute Gasteiger partial charge is 0.472 e. The summed E-state index contributed by atoms with van der Waals surface area (Å²) < 4.78 is 5.11. The molecule has 0 amide bonds. The van der Waals surface area contributed by atoms with Crippen LogP contribution < -0.4 is 11.1 Å². The van der Waals surface area contributed by atoms with Gasteiger partial charge in [-0.15, -0.1) is 0 Å². The number of hydrogen-bond acceptors (Lipinski definition) is 3. The lowest BCUT2D eigenvalue weighted by molar-refractivity contribution is 0.457. The van der Waals surface area contributed by atoms with Gasteiger partial charge in [-0.3, -0.25) is 0 Å². The van der Waals surface area contributed by atoms with Crippen molar-refractivity contribution < 1.29 is 4.42 Å². The van der Waals surface area contributed by atoms with Crippen LogP contribution in [0.5, 0.6) is 0 Å². The van der Waals surface area contributed by atoms with Gasteiger partial charge >= 0.3 is 0 Å². The SMILES string of the molecule is CCCNC(CCC(C)N)c1ccoc1. The average Bonchev–Trinajstić information content (AvgIpc) is 2.71. The summed E-state index contributed by atoms with van der Waals surface area (Å²) in [4.78, 5) is 0. The van der Waals surface area contributed by atoms with E-state index in [0.29, 0.717) is 6.04 Å². The standard InChI is InChI=1S/C12H22N2O/c1-3-7-14-12(5-4-10(2)13)11-6-8-15-9-11/h6,8-10,12,14H,3-5,7,13H2,1-2H3. The Morgan fingerprint density at radius 3 is 2.80 bits per heavy atom. The summed E-state index contributed by atoms with van der Waals surface area (Å²) in [6, 6.07) is 2.67. The maximum absolute atomic E-state index is 5.77. The van der Waals surface area contributed by atoms with Gasteiger partial charge in [0.05, 0.1) is 12.5 Å². The Labute approximate surface area is 92.0 Å². The molecule has 0 aromatic carbocycles. The van der Waals surface area contributed by atoms with E-state index < -0.39 is 0 Å². The first-order chi connectivity index (χ1) is 7.24. The van der Waals surface area contributed by atoms with Crippen molar-refractivity contribution in [3.8, 4) is 0 Å². The van der Waals surface area contributed by atoms with Crippen LogP contribution in [0.15, 0.2) is 23.0 Å². The molecule has 1 heterocycles. The molecule has 3 nitrogen and oxygen atoms in total. The van der Waals surface area contributed by atoms with Crippen LogP contribution in [-0.2, 0) is 0 Å². The van der Waals surface area contributed by atoms with Crippen LogP contribution in [0.3, 0.4) is 0 Å². The number of nitrogens with two attached hydrogens (primary N) is 1. The monoisotopic (exact) mass is 210 g/mol. The Morgan fingerprint density at radius 1 is 1.47 bits per heavy atom. The average molecular weight is 210 g/mol. The Bertz CT molecular complexity index is 244. The molecule has 0 aliphatic rings. The molecule has 2 atom stereocenters. The first kappa shape index (κ1) is 12.3. The van der Waals surface area contributed by atoms with E-state index in [1.165, 1.54) is 5.56 Å². The van der Waals surface area contributed by atoms with Gasteiger partial charge in [0.15, 0.2) is 0 Å². The van der Waals surface area contributed by atoms with Crippen LogP contribution in [0.1, 0.15) is 44.7 Å². The molecular formula is C12H22N2O. The summed E-state index contributed by atoms with van der Waals surface area (Å²) in [5.41, 5.74) is 7.00. The Morgan fingerprint density at radius 2 is 2.27 bits per heavy atom. The number of nitrogens with one attached hydrogen (secondary N) is 1. The van der Waals surface area contributed by atoms with Gasteiger partial charge in [0, 0.05) is 17.6 Å². The molecule has 0 radical (unpaired) electrons.